The average Bonchev–Trinajstić information content (AvgIpc) is 3.07. The van der Waals surface area contributed by atoms with E-state index < -0.39 is 10.0 Å². The van der Waals surface area contributed by atoms with E-state index in [2.05, 4.69) is 10.0 Å². The summed E-state index contributed by atoms with van der Waals surface area (Å²) >= 11 is 0. The van der Waals surface area contributed by atoms with Crippen molar-refractivity contribution < 1.29 is 13.2 Å². The Balaban J connectivity index is 1.74. The maximum absolute atomic E-state index is 12.4. The van der Waals surface area contributed by atoms with Crippen LogP contribution in [0.5, 0.6) is 0 Å². The zero-order valence-corrected chi connectivity index (χ0v) is 15.0. The second kappa shape index (κ2) is 7.37. The standard InChI is InChI=1S/C19H22N2O3S/c1-14(22)20-17-10-6-15(7-11-17)16-8-12-19(13-9-16)25(23,24)21-18-4-2-3-5-18/h6-13,18,21H,2-5H2,1H3,(H,20,22). The number of sulfonamides is 1. The van der Waals surface area contributed by atoms with E-state index in [1.54, 1.807) is 24.3 Å². The molecular formula is C19H22N2O3S. The number of benzene rings is 2. The molecule has 132 valence electrons. The van der Waals surface area contributed by atoms with Gasteiger partial charge in [0, 0.05) is 18.7 Å². The van der Waals surface area contributed by atoms with Crippen LogP contribution < -0.4 is 10.0 Å². The maximum Gasteiger partial charge on any atom is 0.240 e. The molecule has 1 saturated carbocycles. The van der Waals surface area contributed by atoms with Gasteiger partial charge in [0.15, 0.2) is 0 Å². The molecule has 1 aliphatic carbocycles. The third kappa shape index (κ3) is 4.46. The SMILES string of the molecule is CC(=O)Nc1ccc(-c2ccc(S(=O)(=O)NC3CCCC3)cc2)cc1. The van der Waals surface area contributed by atoms with Crippen molar-refractivity contribution >= 4 is 21.6 Å². The van der Waals surface area contributed by atoms with Gasteiger partial charge in [0.05, 0.1) is 4.90 Å². The first-order chi connectivity index (χ1) is 11.9. The molecule has 6 heteroatoms. The van der Waals surface area contributed by atoms with Gasteiger partial charge in [0.1, 0.15) is 0 Å². The summed E-state index contributed by atoms with van der Waals surface area (Å²) in [5.41, 5.74) is 2.62. The van der Waals surface area contributed by atoms with Crippen molar-refractivity contribution in [2.24, 2.45) is 0 Å². The van der Waals surface area contributed by atoms with E-state index in [9.17, 15) is 13.2 Å². The van der Waals surface area contributed by atoms with E-state index in [0.29, 0.717) is 0 Å². The highest BCUT2D eigenvalue weighted by atomic mass is 32.2. The minimum Gasteiger partial charge on any atom is -0.326 e. The van der Waals surface area contributed by atoms with Gasteiger partial charge >= 0.3 is 0 Å². The predicted octanol–water partition coefficient (Wildman–Crippen LogP) is 3.53. The monoisotopic (exact) mass is 358 g/mol. The van der Waals surface area contributed by atoms with E-state index in [4.69, 9.17) is 0 Å². The highest BCUT2D eigenvalue weighted by Gasteiger charge is 2.22. The summed E-state index contributed by atoms with van der Waals surface area (Å²) in [6.07, 6.45) is 4.00. The maximum atomic E-state index is 12.4. The van der Waals surface area contributed by atoms with Crippen molar-refractivity contribution in [2.75, 3.05) is 5.32 Å². The molecule has 5 nitrogen and oxygen atoms in total. The Hall–Kier alpha value is -2.18. The molecule has 0 heterocycles. The van der Waals surface area contributed by atoms with Gasteiger partial charge in [-0.1, -0.05) is 37.1 Å². The molecule has 2 aromatic rings. The van der Waals surface area contributed by atoms with E-state index in [0.717, 1.165) is 42.5 Å². The molecule has 0 aromatic heterocycles. The quantitative estimate of drug-likeness (QED) is 0.858. The fourth-order valence-corrected chi connectivity index (χ4v) is 4.41. The number of hydrogen-bond acceptors (Lipinski definition) is 3. The summed E-state index contributed by atoms with van der Waals surface area (Å²) in [5.74, 6) is -0.114. The predicted molar refractivity (Wildman–Crippen MR) is 98.8 cm³/mol. The zero-order valence-electron chi connectivity index (χ0n) is 14.2. The molecule has 0 radical (unpaired) electrons. The van der Waals surface area contributed by atoms with Crippen LogP contribution in [0.2, 0.25) is 0 Å². The molecule has 0 bridgehead atoms. The summed E-state index contributed by atoms with van der Waals surface area (Å²) in [6, 6.07) is 14.4. The topological polar surface area (TPSA) is 75.3 Å². The number of carbonyl (C=O) groups is 1. The Bertz CT molecular complexity index is 837. The number of carbonyl (C=O) groups excluding carboxylic acids is 1. The lowest BCUT2D eigenvalue weighted by Gasteiger charge is -2.13. The van der Waals surface area contributed by atoms with Crippen LogP contribution >= 0.6 is 0 Å². The van der Waals surface area contributed by atoms with Crippen molar-refractivity contribution in [3.8, 4) is 11.1 Å². The van der Waals surface area contributed by atoms with Gasteiger partial charge in [-0.3, -0.25) is 4.79 Å². The van der Waals surface area contributed by atoms with Crippen LogP contribution in [0.4, 0.5) is 5.69 Å². The zero-order chi connectivity index (χ0) is 17.9. The van der Waals surface area contributed by atoms with Crippen LogP contribution in [-0.2, 0) is 14.8 Å². The second-order valence-electron chi connectivity index (χ2n) is 6.39. The first-order valence-corrected chi connectivity index (χ1v) is 9.93. The third-order valence-electron chi connectivity index (χ3n) is 4.38. The smallest absolute Gasteiger partial charge is 0.240 e. The lowest BCUT2D eigenvalue weighted by atomic mass is 10.1. The normalized spacial score (nSPS) is 15.2. The van der Waals surface area contributed by atoms with Crippen LogP contribution in [0.15, 0.2) is 53.4 Å². The van der Waals surface area contributed by atoms with Crippen LogP contribution in [-0.4, -0.2) is 20.4 Å². The molecule has 0 atom stereocenters. The lowest BCUT2D eigenvalue weighted by molar-refractivity contribution is -0.114. The first kappa shape index (κ1) is 17.6. The van der Waals surface area contributed by atoms with Crippen molar-refractivity contribution in [1.82, 2.24) is 4.72 Å². The van der Waals surface area contributed by atoms with Gasteiger partial charge in [0.25, 0.3) is 0 Å². The number of hydrogen-bond donors (Lipinski definition) is 2. The molecule has 0 aliphatic heterocycles. The molecule has 1 aliphatic rings. The summed E-state index contributed by atoms with van der Waals surface area (Å²) in [6.45, 7) is 1.46. The first-order valence-electron chi connectivity index (χ1n) is 8.44. The Labute approximate surface area is 148 Å². The third-order valence-corrected chi connectivity index (χ3v) is 5.92. The summed E-state index contributed by atoms with van der Waals surface area (Å²) < 4.78 is 27.7. The summed E-state index contributed by atoms with van der Waals surface area (Å²) in [5, 5.41) is 2.72. The van der Waals surface area contributed by atoms with Crippen LogP contribution in [0, 0.1) is 0 Å². The number of anilines is 1. The van der Waals surface area contributed by atoms with Crippen LogP contribution in [0.3, 0.4) is 0 Å². The Kier molecular flexibility index (Phi) is 5.20. The molecule has 1 amide bonds. The average molecular weight is 358 g/mol. The van der Waals surface area contributed by atoms with E-state index in [1.807, 2.05) is 24.3 Å². The van der Waals surface area contributed by atoms with Gasteiger partial charge < -0.3 is 5.32 Å². The van der Waals surface area contributed by atoms with Crippen LogP contribution in [0.1, 0.15) is 32.6 Å². The van der Waals surface area contributed by atoms with Crippen LogP contribution in [0.25, 0.3) is 11.1 Å². The molecule has 2 N–H and O–H groups in total. The minimum absolute atomic E-state index is 0.0611. The molecule has 2 aromatic carbocycles. The molecule has 3 rings (SSSR count). The number of rotatable bonds is 5. The minimum atomic E-state index is -3.46. The largest absolute Gasteiger partial charge is 0.326 e. The Morgan fingerprint density at radius 2 is 1.44 bits per heavy atom. The van der Waals surface area contributed by atoms with Crippen molar-refractivity contribution in [3.05, 3.63) is 48.5 Å². The number of amides is 1. The molecule has 1 fully saturated rings. The van der Waals surface area contributed by atoms with Gasteiger partial charge in [-0.25, -0.2) is 13.1 Å². The Morgan fingerprint density at radius 1 is 0.920 bits per heavy atom. The molecule has 0 spiro atoms. The van der Waals surface area contributed by atoms with E-state index in [1.165, 1.54) is 6.92 Å². The highest BCUT2D eigenvalue weighted by molar-refractivity contribution is 7.89. The number of nitrogens with one attached hydrogen (secondary N) is 2. The van der Waals surface area contributed by atoms with Crippen molar-refractivity contribution in [3.63, 3.8) is 0 Å². The van der Waals surface area contributed by atoms with Gasteiger partial charge in [-0.2, -0.15) is 0 Å². The van der Waals surface area contributed by atoms with Gasteiger partial charge in [-0.15, -0.1) is 0 Å². The van der Waals surface area contributed by atoms with Crippen molar-refractivity contribution in [2.45, 2.75) is 43.5 Å². The molecule has 0 saturated heterocycles. The second-order valence-corrected chi connectivity index (χ2v) is 8.10. The summed E-state index contributed by atoms with van der Waals surface area (Å²) in [7, 11) is -3.46. The summed E-state index contributed by atoms with van der Waals surface area (Å²) in [4.78, 5) is 11.3. The highest BCUT2D eigenvalue weighted by Crippen LogP contribution is 2.24. The fraction of sp³-hybridized carbons (Fsp3) is 0.316. The molecular weight excluding hydrogens is 336 g/mol. The van der Waals surface area contributed by atoms with E-state index in [-0.39, 0.29) is 16.8 Å². The Morgan fingerprint density at radius 3 is 1.96 bits per heavy atom. The van der Waals surface area contributed by atoms with E-state index >= 15 is 0 Å². The van der Waals surface area contributed by atoms with Crippen molar-refractivity contribution in [1.29, 1.82) is 0 Å². The molecule has 25 heavy (non-hydrogen) atoms. The lowest BCUT2D eigenvalue weighted by Crippen LogP contribution is -2.32. The molecule has 0 unspecified atom stereocenters. The van der Waals surface area contributed by atoms with Gasteiger partial charge in [-0.05, 0) is 48.2 Å². The van der Waals surface area contributed by atoms with Gasteiger partial charge in [0.2, 0.25) is 15.9 Å². The fourth-order valence-electron chi connectivity index (χ4n) is 3.11.